The van der Waals surface area contributed by atoms with Gasteiger partial charge in [-0.25, -0.2) is 0 Å². The molecule has 3 rings (SSSR count). The highest BCUT2D eigenvalue weighted by Crippen LogP contribution is 2.25. The molecule has 6 nitrogen and oxygen atoms in total. The molecule has 1 aliphatic heterocycles. The van der Waals surface area contributed by atoms with Crippen LogP contribution in [0.1, 0.15) is 11.6 Å². The standard InChI is InChI=1S/C22H29N3O3/c1-27-16-15-24-11-13-25(14-12-24)21(18-7-4-3-5-8-18)22(26)23-19-9-6-10-20(17-19)28-2/h3-10,17,21H,11-16H2,1-2H3,(H,23,26)/t21-/m0/s1. The highest BCUT2D eigenvalue weighted by Gasteiger charge is 2.30. The molecule has 0 aromatic heterocycles. The van der Waals surface area contributed by atoms with Crippen LogP contribution in [0.3, 0.4) is 0 Å². The highest BCUT2D eigenvalue weighted by atomic mass is 16.5. The first kappa shape index (κ1) is 20.3. The second kappa shape index (κ2) is 10.2. The topological polar surface area (TPSA) is 54.0 Å². The Balaban J connectivity index is 1.73. The van der Waals surface area contributed by atoms with Crippen LogP contribution in [0.5, 0.6) is 5.75 Å². The van der Waals surface area contributed by atoms with Crippen LogP contribution >= 0.6 is 0 Å². The van der Waals surface area contributed by atoms with Gasteiger partial charge in [0.05, 0.1) is 13.7 Å². The maximum absolute atomic E-state index is 13.2. The number of nitrogens with one attached hydrogen (secondary N) is 1. The third kappa shape index (κ3) is 5.32. The summed E-state index contributed by atoms with van der Waals surface area (Å²) in [5, 5.41) is 3.06. The number of nitrogens with zero attached hydrogens (tertiary/aromatic N) is 2. The van der Waals surface area contributed by atoms with Crippen LogP contribution in [-0.2, 0) is 9.53 Å². The normalized spacial score (nSPS) is 16.5. The summed E-state index contributed by atoms with van der Waals surface area (Å²) >= 11 is 0. The summed E-state index contributed by atoms with van der Waals surface area (Å²) in [6.45, 7) is 5.21. The van der Waals surface area contributed by atoms with Gasteiger partial charge in [0.25, 0.3) is 0 Å². The van der Waals surface area contributed by atoms with Gasteiger partial charge >= 0.3 is 0 Å². The molecular weight excluding hydrogens is 354 g/mol. The van der Waals surface area contributed by atoms with Crippen LogP contribution in [0.2, 0.25) is 0 Å². The van der Waals surface area contributed by atoms with E-state index in [1.807, 2.05) is 54.6 Å². The molecule has 28 heavy (non-hydrogen) atoms. The van der Waals surface area contributed by atoms with Gasteiger partial charge in [0, 0.05) is 51.6 Å². The Morgan fingerprint density at radius 3 is 2.46 bits per heavy atom. The Hall–Kier alpha value is -2.41. The van der Waals surface area contributed by atoms with E-state index in [0.29, 0.717) is 0 Å². The largest absolute Gasteiger partial charge is 0.497 e. The molecule has 1 N–H and O–H groups in total. The van der Waals surface area contributed by atoms with Gasteiger partial charge in [0.2, 0.25) is 5.91 Å². The molecule has 1 amide bonds. The van der Waals surface area contributed by atoms with Crippen molar-refractivity contribution >= 4 is 11.6 Å². The molecule has 2 aromatic rings. The maximum Gasteiger partial charge on any atom is 0.246 e. The summed E-state index contributed by atoms with van der Waals surface area (Å²) in [6, 6.07) is 17.1. The van der Waals surface area contributed by atoms with Gasteiger partial charge in [-0.3, -0.25) is 14.6 Å². The Morgan fingerprint density at radius 2 is 1.79 bits per heavy atom. The third-order valence-electron chi connectivity index (χ3n) is 5.08. The minimum Gasteiger partial charge on any atom is -0.497 e. The average molecular weight is 383 g/mol. The van der Waals surface area contributed by atoms with Crippen molar-refractivity contribution in [1.82, 2.24) is 9.80 Å². The zero-order valence-electron chi connectivity index (χ0n) is 16.6. The number of benzene rings is 2. The number of carbonyl (C=O) groups excluding carboxylic acids is 1. The first-order chi connectivity index (χ1) is 13.7. The lowest BCUT2D eigenvalue weighted by Gasteiger charge is -2.38. The fourth-order valence-electron chi connectivity index (χ4n) is 3.54. The molecule has 150 valence electrons. The summed E-state index contributed by atoms with van der Waals surface area (Å²) in [5.41, 5.74) is 1.75. The van der Waals surface area contributed by atoms with Crippen LogP contribution in [0.4, 0.5) is 5.69 Å². The minimum atomic E-state index is -0.322. The molecule has 2 aromatic carbocycles. The van der Waals surface area contributed by atoms with Gasteiger partial charge < -0.3 is 14.8 Å². The van der Waals surface area contributed by atoms with Crippen molar-refractivity contribution < 1.29 is 14.3 Å². The second-order valence-corrected chi connectivity index (χ2v) is 6.90. The smallest absolute Gasteiger partial charge is 0.246 e. The Morgan fingerprint density at radius 1 is 1.04 bits per heavy atom. The van der Waals surface area contributed by atoms with Gasteiger partial charge in [-0.2, -0.15) is 0 Å². The first-order valence-corrected chi connectivity index (χ1v) is 9.66. The van der Waals surface area contributed by atoms with E-state index in [-0.39, 0.29) is 11.9 Å². The number of hydrogen-bond acceptors (Lipinski definition) is 5. The molecule has 0 spiro atoms. The molecule has 1 heterocycles. The SMILES string of the molecule is COCCN1CCN([C@H](C(=O)Nc2cccc(OC)c2)c2ccccc2)CC1. The van der Waals surface area contributed by atoms with E-state index in [1.165, 1.54) is 0 Å². The first-order valence-electron chi connectivity index (χ1n) is 9.66. The summed E-state index contributed by atoms with van der Waals surface area (Å²) in [5.74, 6) is 0.700. The Labute approximate surface area is 167 Å². The molecular formula is C22H29N3O3. The molecule has 0 radical (unpaired) electrons. The van der Waals surface area contributed by atoms with Gasteiger partial charge in [0.1, 0.15) is 11.8 Å². The van der Waals surface area contributed by atoms with E-state index in [2.05, 4.69) is 15.1 Å². The number of amides is 1. The van der Waals surface area contributed by atoms with Gasteiger partial charge in [-0.05, 0) is 17.7 Å². The van der Waals surface area contributed by atoms with Crippen molar-refractivity contribution in [3.05, 3.63) is 60.2 Å². The van der Waals surface area contributed by atoms with Crippen molar-refractivity contribution in [3.8, 4) is 5.75 Å². The molecule has 0 saturated carbocycles. The summed E-state index contributed by atoms with van der Waals surface area (Å²) in [6.07, 6.45) is 0. The minimum absolute atomic E-state index is 0.0233. The van der Waals surface area contributed by atoms with Crippen LogP contribution in [-0.4, -0.2) is 69.3 Å². The van der Waals surface area contributed by atoms with E-state index in [9.17, 15) is 4.79 Å². The Bertz CT molecular complexity index is 746. The van der Waals surface area contributed by atoms with E-state index in [4.69, 9.17) is 9.47 Å². The predicted molar refractivity (Wildman–Crippen MR) is 111 cm³/mol. The fraction of sp³-hybridized carbons (Fsp3) is 0.409. The maximum atomic E-state index is 13.2. The van der Waals surface area contributed by atoms with Crippen molar-refractivity contribution in [2.45, 2.75) is 6.04 Å². The number of rotatable bonds is 8. The van der Waals surface area contributed by atoms with E-state index in [1.54, 1.807) is 14.2 Å². The van der Waals surface area contributed by atoms with Crippen LogP contribution in [0, 0.1) is 0 Å². The zero-order valence-corrected chi connectivity index (χ0v) is 16.6. The van der Waals surface area contributed by atoms with Crippen LogP contribution < -0.4 is 10.1 Å². The van der Waals surface area contributed by atoms with Gasteiger partial charge in [-0.1, -0.05) is 36.4 Å². The third-order valence-corrected chi connectivity index (χ3v) is 5.08. The zero-order chi connectivity index (χ0) is 19.8. The van der Waals surface area contributed by atoms with Crippen molar-refractivity contribution in [2.24, 2.45) is 0 Å². The average Bonchev–Trinajstić information content (AvgIpc) is 2.74. The Kier molecular flexibility index (Phi) is 7.42. The number of hydrogen-bond donors (Lipinski definition) is 1. The quantitative estimate of drug-likeness (QED) is 0.760. The molecule has 1 aliphatic rings. The molecule has 1 fully saturated rings. The number of methoxy groups -OCH3 is 2. The highest BCUT2D eigenvalue weighted by molar-refractivity contribution is 5.95. The summed E-state index contributed by atoms with van der Waals surface area (Å²) < 4.78 is 10.4. The van der Waals surface area contributed by atoms with Crippen molar-refractivity contribution in [1.29, 1.82) is 0 Å². The van der Waals surface area contributed by atoms with E-state index in [0.717, 1.165) is 56.3 Å². The van der Waals surface area contributed by atoms with Gasteiger partial charge in [0.15, 0.2) is 0 Å². The molecule has 1 saturated heterocycles. The van der Waals surface area contributed by atoms with E-state index >= 15 is 0 Å². The molecule has 0 bridgehead atoms. The van der Waals surface area contributed by atoms with Crippen molar-refractivity contribution in [2.75, 3.05) is 58.9 Å². The monoisotopic (exact) mass is 383 g/mol. The summed E-state index contributed by atoms with van der Waals surface area (Å²) in [7, 11) is 3.35. The lowest BCUT2D eigenvalue weighted by Crippen LogP contribution is -2.50. The molecule has 1 atom stereocenters. The predicted octanol–water partition coefficient (Wildman–Crippen LogP) is 2.64. The van der Waals surface area contributed by atoms with Crippen LogP contribution in [0.25, 0.3) is 0 Å². The second-order valence-electron chi connectivity index (χ2n) is 6.90. The fourth-order valence-corrected chi connectivity index (χ4v) is 3.54. The molecule has 6 heteroatoms. The van der Waals surface area contributed by atoms with Gasteiger partial charge in [-0.15, -0.1) is 0 Å². The van der Waals surface area contributed by atoms with E-state index < -0.39 is 0 Å². The molecule has 0 aliphatic carbocycles. The molecule has 0 unspecified atom stereocenters. The number of anilines is 1. The number of ether oxygens (including phenoxy) is 2. The van der Waals surface area contributed by atoms with Crippen molar-refractivity contribution in [3.63, 3.8) is 0 Å². The number of carbonyl (C=O) groups is 1. The lowest BCUT2D eigenvalue weighted by atomic mass is 10.0. The van der Waals surface area contributed by atoms with Crippen LogP contribution in [0.15, 0.2) is 54.6 Å². The summed E-state index contributed by atoms with van der Waals surface area (Å²) in [4.78, 5) is 17.9. The lowest BCUT2D eigenvalue weighted by molar-refractivity contribution is -0.122. The number of piperazine rings is 1.